The van der Waals surface area contributed by atoms with E-state index in [0.717, 1.165) is 48.5 Å². The minimum atomic E-state index is -1.83. The number of ether oxygens (including phenoxy) is 11. The van der Waals surface area contributed by atoms with E-state index in [-0.39, 0.29) is 11.7 Å². The Kier molecular flexibility index (Phi) is 15.7. The van der Waals surface area contributed by atoms with E-state index in [1.165, 1.54) is 19.1 Å². The summed E-state index contributed by atoms with van der Waals surface area (Å²) in [6.45, 7) is 7.49. The Hall–Kier alpha value is -5.34. The van der Waals surface area contributed by atoms with Gasteiger partial charge in [-0.1, -0.05) is 6.07 Å². The van der Waals surface area contributed by atoms with Crippen molar-refractivity contribution in [3.05, 3.63) is 24.3 Å². The molecule has 2 heterocycles. The maximum atomic E-state index is 12.6. The lowest BCUT2D eigenvalue weighted by Crippen LogP contribution is -2.67. The number of hydrogen-bond acceptors (Lipinski definition) is 19. The van der Waals surface area contributed by atoms with Gasteiger partial charge < -0.3 is 57.4 Å². The minimum Gasteiger partial charge on any atom is -0.463 e. The number of hydrogen-bond donors (Lipinski definition) is 1. The van der Waals surface area contributed by atoms with Crippen LogP contribution in [0.4, 0.5) is 5.69 Å². The van der Waals surface area contributed by atoms with Crippen molar-refractivity contribution in [2.75, 3.05) is 18.5 Å². The number of nitrogens with one attached hydrogen (secondary N) is 1. The Morgan fingerprint density at radius 2 is 0.963 bits per heavy atom. The van der Waals surface area contributed by atoms with E-state index in [9.17, 15) is 38.4 Å². The third kappa shape index (κ3) is 13.0. The SMILES string of the molecule is CC(=O)Nc1cccc(O[C@@H]2O[C@H](COC(C)=O)[C@@H](O[C@@H]3O[C@H](COC(C)=O)[C@H](OC(C)=O)[C@H](OC(C)=O)[C@H]3OC(C)=O)[C@H](OC(C)=O)[C@H]2OC(C)=O)c1. The van der Waals surface area contributed by atoms with Crippen LogP contribution in [0.3, 0.4) is 0 Å². The van der Waals surface area contributed by atoms with E-state index in [2.05, 4.69) is 5.32 Å². The summed E-state index contributed by atoms with van der Waals surface area (Å²) in [7, 11) is 0. The summed E-state index contributed by atoms with van der Waals surface area (Å²) < 4.78 is 62.5. The van der Waals surface area contributed by atoms with Gasteiger partial charge in [0.1, 0.15) is 37.3 Å². The fraction of sp³-hybridized carbons (Fsp3) is 0.588. The molecule has 20 heteroatoms. The zero-order valence-electron chi connectivity index (χ0n) is 30.8. The zero-order valence-corrected chi connectivity index (χ0v) is 30.8. The Labute approximate surface area is 309 Å². The van der Waals surface area contributed by atoms with Crippen molar-refractivity contribution in [1.29, 1.82) is 0 Å². The molecule has 10 atom stereocenters. The fourth-order valence-corrected chi connectivity index (χ4v) is 5.55. The van der Waals surface area contributed by atoms with Crippen LogP contribution in [-0.4, -0.2) is 122 Å². The minimum absolute atomic E-state index is 0.0927. The molecule has 20 nitrogen and oxygen atoms in total. The Balaban J connectivity index is 2.17. The molecule has 54 heavy (non-hydrogen) atoms. The highest BCUT2D eigenvalue weighted by Crippen LogP contribution is 2.36. The first-order valence-corrected chi connectivity index (χ1v) is 16.5. The summed E-state index contributed by atoms with van der Waals surface area (Å²) in [4.78, 5) is 97.5. The predicted molar refractivity (Wildman–Crippen MR) is 175 cm³/mol. The first kappa shape index (κ1) is 43.1. The van der Waals surface area contributed by atoms with E-state index in [4.69, 9.17) is 52.1 Å². The largest absolute Gasteiger partial charge is 0.463 e. The maximum absolute atomic E-state index is 12.6. The molecule has 1 amide bonds. The Morgan fingerprint density at radius 1 is 0.537 bits per heavy atom. The molecular weight excluding hydrogens is 726 g/mol. The van der Waals surface area contributed by atoms with Gasteiger partial charge >= 0.3 is 41.8 Å². The molecule has 0 radical (unpaired) electrons. The first-order chi connectivity index (χ1) is 25.3. The summed E-state index contributed by atoms with van der Waals surface area (Å²) in [6, 6.07) is 6.03. The van der Waals surface area contributed by atoms with Crippen LogP contribution < -0.4 is 10.1 Å². The quantitative estimate of drug-likeness (QED) is 0.201. The van der Waals surface area contributed by atoms with Crippen molar-refractivity contribution < 1.29 is 90.5 Å². The molecule has 0 aromatic heterocycles. The van der Waals surface area contributed by atoms with E-state index >= 15 is 0 Å². The van der Waals surface area contributed by atoms with Crippen LogP contribution in [0.15, 0.2) is 24.3 Å². The fourth-order valence-electron chi connectivity index (χ4n) is 5.55. The molecular formula is C34H43NO19. The van der Waals surface area contributed by atoms with Crippen molar-refractivity contribution in [2.24, 2.45) is 0 Å². The van der Waals surface area contributed by atoms with Crippen LogP contribution in [-0.2, 0) is 85.7 Å². The van der Waals surface area contributed by atoms with Crippen LogP contribution in [0, 0.1) is 0 Å². The highest BCUT2D eigenvalue weighted by atomic mass is 16.8. The summed E-state index contributed by atoms with van der Waals surface area (Å²) in [5.74, 6) is -6.33. The van der Waals surface area contributed by atoms with Gasteiger partial charge in [-0.2, -0.15) is 0 Å². The van der Waals surface area contributed by atoms with Gasteiger partial charge in [0.2, 0.25) is 18.3 Å². The lowest BCUT2D eigenvalue weighted by atomic mass is 9.96. The predicted octanol–water partition coefficient (Wildman–Crippen LogP) is 0.644. The standard InChI is InChI=1S/C34H43NO19/c1-15(36)35-23-10-9-11-24(12-23)51-33-31(49-21(7)42)30(48-20(6)41)28(26(52-33)14-45-17(3)38)54-34-32(50-22(8)43)29(47-19(5)40)27(46-18(4)39)25(53-34)13-44-16(2)37/h9-12,25-34H,13-14H2,1-8H3,(H,35,36)/t25-,26-,27+,28-,29+,30+,31-,32-,33-,34+/m1/s1. The number of esters is 7. The number of carbonyl (C=O) groups excluding carboxylic acids is 8. The van der Waals surface area contributed by atoms with Gasteiger partial charge in [-0.15, -0.1) is 0 Å². The lowest BCUT2D eigenvalue weighted by Gasteiger charge is -2.48. The number of carbonyl (C=O) groups is 8. The normalized spacial score (nSPS) is 27.6. The molecule has 1 aromatic carbocycles. The Bertz CT molecular complexity index is 1560. The van der Waals surface area contributed by atoms with Gasteiger partial charge in [-0.05, 0) is 12.1 Å². The maximum Gasteiger partial charge on any atom is 0.303 e. The average Bonchev–Trinajstić information content (AvgIpc) is 3.03. The molecule has 3 rings (SSSR count). The molecule has 2 fully saturated rings. The number of rotatable bonds is 14. The number of benzene rings is 1. The first-order valence-electron chi connectivity index (χ1n) is 16.5. The van der Waals surface area contributed by atoms with Gasteiger partial charge in [0.25, 0.3) is 0 Å². The summed E-state index contributed by atoms with van der Waals surface area (Å²) in [5.41, 5.74) is 0.331. The highest BCUT2D eigenvalue weighted by molar-refractivity contribution is 5.88. The molecule has 298 valence electrons. The van der Waals surface area contributed by atoms with Crippen molar-refractivity contribution in [1.82, 2.24) is 0 Å². The molecule has 1 aromatic rings. The number of anilines is 1. The van der Waals surface area contributed by atoms with Gasteiger partial charge in [-0.3, -0.25) is 38.4 Å². The molecule has 0 aliphatic carbocycles. The lowest BCUT2D eigenvalue weighted by molar-refractivity contribution is -0.354. The molecule has 0 unspecified atom stereocenters. The van der Waals surface area contributed by atoms with Crippen LogP contribution >= 0.6 is 0 Å². The molecule has 2 aliphatic heterocycles. The second-order valence-corrected chi connectivity index (χ2v) is 12.0. The van der Waals surface area contributed by atoms with Crippen LogP contribution in [0.2, 0.25) is 0 Å². The van der Waals surface area contributed by atoms with Crippen molar-refractivity contribution in [3.8, 4) is 5.75 Å². The van der Waals surface area contributed by atoms with E-state index in [1.807, 2.05) is 0 Å². The topological polar surface area (TPSA) is 250 Å². The molecule has 0 spiro atoms. The van der Waals surface area contributed by atoms with Gasteiger partial charge in [0.05, 0.1) is 0 Å². The van der Waals surface area contributed by atoms with E-state index in [0.29, 0.717) is 5.69 Å². The van der Waals surface area contributed by atoms with Crippen LogP contribution in [0.25, 0.3) is 0 Å². The smallest absolute Gasteiger partial charge is 0.303 e. The molecule has 2 saturated heterocycles. The third-order valence-corrected chi connectivity index (χ3v) is 7.29. The van der Waals surface area contributed by atoms with Crippen molar-refractivity contribution >= 4 is 53.4 Å². The van der Waals surface area contributed by atoms with E-state index in [1.54, 1.807) is 12.1 Å². The van der Waals surface area contributed by atoms with Crippen LogP contribution in [0.1, 0.15) is 55.4 Å². The molecule has 1 N–H and O–H groups in total. The highest BCUT2D eigenvalue weighted by Gasteiger charge is 2.58. The molecule has 0 bridgehead atoms. The van der Waals surface area contributed by atoms with Crippen molar-refractivity contribution in [2.45, 2.75) is 117 Å². The summed E-state index contributed by atoms with van der Waals surface area (Å²) in [6.07, 6.45) is -16.1. The monoisotopic (exact) mass is 769 g/mol. The molecule has 0 saturated carbocycles. The van der Waals surface area contributed by atoms with Gasteiger partial charge in [0.15, 0.2) is 30.7 Å². The summed E-state index contributed by atoms with van der Waals surface area (Å²) in [5, 5.41) is 2.59. The van der Waals surface area contributed by atoms with E-state index < -0.39 is 116 Å². The second-order valence-electron chi connectivity index (χ2n) is 12.0. The second kappa shape index (κ2) is 19.7. The average molecular weight is 770 g/mol. The summed E-state index contributed by atoms with van der Waals surface area (Å²) >= 11 is 0. The zero-order chi connectivity index (χ0) is 40.3. The Morgan fingerprint density at radius 3 is 1.44 bits per heavy atom. The van der Waals surface area contributed by atoms with Crippen LogP contribution in [0.5, 0.6) is 5.75 Å². The van der Waals surface area contributed by atoms with Gasteiger partial charge in [0, 0.05) is 67.1 Å². The molecule has 2 aliphatic rings. The number of amides is 1. The third-order valence-electron chi connectivity index (χ3n) is 7.29. The van der Waals surface area contributed by atoms with Crippen molar-refractivity contribution in [3.63, 3.8) is 0 Å². The van der Waals surface area contributed by atoms with Gasteiger partial charge in [-0.25, -0.2) is 0 Å².